The first kappa shape index (κ1) is 16.2. The van der Waals surface area contributed by atoms with Crippen molar-refractivity contribution in [3.05, 3.63) is 63.9 Å². The highest BCUT2D eigenvalue weighted by Gasteiger charge is 2.36. The van der Waals surface area contributed by atoms with Crippen molar-refractivity contribution < 1.29 is 0 Å². The molecule has 2 heterocycles. The Hall–Kier alpha value is -2.33. The third-order valence-corrected chi connectivity index (χ3v) is 5.43. The van der Waals surface area contributed by atoms with E-state index in [0.29, 0.717) is 5.82 Å². The second kappa shape index (κ2) is 5.60. The number of hydrogen-bond acceptors (Lipinski definition) is 4. The number of benzene rings is 2. The summed E-state index contributed by atoms with van der Waals surface area (Å²) in [6.07, 6.45) is 0. The molecule has 0 spiro atoms. The number of rotatable bonds is 1. The van der Waals surface area contributed by atoms with Gasteiger partial charge in [0, 0.05) is 16.5 Å². The third kappa shape index (κ3) is 2.52. The minimum atomic E-state index is -0.293. The highest BCUT2D eigenvalue weighted by Crippen LogP contribution is 2.41. The highest BCUT2D eigenvalue weighted by molar-refractivity contribution is 6.32. The Morgan fingerprint density at radius 2 is 1.80 bits per heavy atom. The molecule has 1 atom stereocenters. The molecule has 0 bridgehead atoms. The fraction of sp³-hybridized carbons (Fsp3) is 0.300. The molecule has 1 aromatic heterocycles. The first-order valence-corrected chi connectivity index (χ1v) is 8.75. The predicted octanol–water partition coefficient (Wildman–Crippen LogP) is 4.72. The summed E-state index contributed by atoms with van der Waals surface area (Å²) in [7, 11) is 0. The molecule has 1 unspecified atom stereocenters. The SMILES string of the molecule is Cc1cccc2nc(C3=NC(C)(C)C(C)c4c(Cl)cccc43)nnc12. The van der Waals surface area contributed by atoms with Crippen molar-refractivity contribution in [1.82, 2.24) is 15.2 Å². The van der Waals surface area contributed by atoms with Gasteiger partial charge in [-0.1, -0.05) is 42.8 Å². The zero-order valence-electron chi connectivity index (χ0n) is 14.7. The van der Waals surface area contributed by atoms with Gasteiger partial charge in [0.2, 0.25) is 5.82 Å². The van der Waals surface area contributed by atoms with Gasteiger partial charge in [0.25, 0.3) is 0 Å². The second-order valence-corrected chi connectivity index (χ2v) is 7.52. The van der Waals surface area contributed by atoms with Crippen LogP contribution >= 0.6 is 11.6 Å². The standard InChI is InChI=1S/C20H19ClN4/c1-11-7-5-10-15-17(11)24-25-19(22-15)18-13-8-6-9-14(21)16(13)12(2)20(3,4)23-18/h5-10,12H,1-4H3. The molecular weight excluding hydrogens is 332 g/mol. The van der Waals surface area contributed by atoms with E-state index in [2.05, 4.69) is 31.0 Å². The van der Waals surface area contributed by atoms with E-state index in [9.17, 15) is 0 Å². The van der Waals surface area contributed by atoms with Gasteiger partial charge in [0.15, 0.2) is 0 Å². The van der Waals surface area contributed by atoms with Gasteiger partial charge in [-0.3, -0.25) is 4.99 Å². The van der Waals surface area contributed by atoms with Crippen LogP contribution in [-0.2, 0) is 0 Å². The summed E-state index contributed by atoms with van der Waals surface area (Å²) in [5.74, 6) is 0.747. The summed E-state index contributed by atoms with van der Waals surface area (Å²) in [6.45, 7) is 8.40. The van der Waals surface area contributed by atoms with Crippen molar-refractivity contribution in [2.45, 2.75) is 39.2 Å². The molecule has 0 N–H and O–H groups in total. The topological polar surface area (TPSA) is 51.0 Å². The van der Waals surface area contributed by atoms with Gasteiger partial charge in [-0.2, -0.15) is 0 Å². The van der Waals surface area contributed by atoms with E-state index in [1.807, 2.05) is 43.3 Å². The Bertz CT molecular complexity index is 1020. The zero-order valence-corrected chi connectivity index (χ0v) is 15.5. The summed E-state index contributed by atoms with van der Waals surface area (Å²) < 4.78 is 0. The van der Waals surface area contributed by atoms with E-state index in [4.69, 9.17) is 21.6 Å². The Morgan fingerprint density at radius 3 is 2.60 bits per heavy atom. The number of hydrogen-bond donors (Lipinski definition) is 0. The van der Waals surface area contributed by atoms with Crippen molar-refractivity contribution in [3.8, 4) is 0 Å². The normalized spacial score (nSPS) is 18.8. The van der Waals surface area contributed by atoms with Crippen LogP contribution in [0, 0.1) is 6.92 Å². The van der Waals surface area contributed by atoms with Crippen LogP contribution in [0.2, 0.25) is 5.02 Å². The van der Waals surface area contributed by atoms with Crippen LogP contribution in [0.5, 0.6) is 0 Å². The molecule has 4 nitrogen and oxygen atoms in total. The maximum absolute atomic E-state index is 6.52. The average Bonchev–Trinajstić information content (AvgIpc) is 2.58. The van der Waals surface area contributed by atoms with Crippen LogP contribution in [0.4, 0.5) is 0 Å². The van der Waals surface area contributed by atoms with Crippen molar-refractivity contribution in [2.75, 3.05) is 0 Å². The first-order valence-electron chi connectivity index (χ1n) is 8.37. The maximum Gasteiger partial charge on any atom is 0.201 e. The lowest BCUT2D eigenvalue weighted by Gasteiger charge is -2.35. The molecule has 0 amide bonds. The molecule has 1 aliphatic heterocycles. The lowest BCUT2D eigenvalue weighted by molar-refractivity contribution is 0.432. The lowest BCUT2D eigenvalue weighted by Crippen LogP contribution is -2.34. The van der Waals surface area contributed by atoms with E-state index in [1.165, 1.54) is 0 Å². The molecule has 2 aromatic carbocycles. The van der Waals surface area contributed by atoms with Gasteiger partial charge in [-0.25, -0.2) is 4.98 Å². The molecule has 0 saturated carbocycles. The lowest BCUT2D eigenvalue weighted by atomic mass is 9.77. The zero-order chi connectivity index (χ0) is 17.8. The molecule has 0 fully saturated rings. The van der Waals surface area contributed by atoms with Crippen molar-refractivity contribution >= 4 is 28.3 Å². The number of fused-ring (bicyclic) bond motifs is 2. The van der Waals surface area contributed by atoms with Gasteiger partial charge in [-0.15, -0.1) is 10.2 Å². The minimum absolute atomic E-state index is 0.204. The molecule has 25 heavy (non-hydrogen) atoms. The molecule has 0 radical (unpaired) electrons. The molecule has 0 aliphatic carbocycles. The molecule has 5 heteroatoms. The van der Waals surface area contributed by atoms with Crippen molar-refractivity contribution in [1.29, 1.82) is 0 Å². The monoisotopic (exact) mass is 350 g/mol. The number of aromatic nitrogens is 3. The Morgan fingerprint density at radius 1 is 1.04 bits per heavy atom. The van der Waals surface area contributed by atoms with Crippen LogP contribution in [0.3, 0.4) is 0 Å². The van der Waals surface area contributed by atoms with E-state index in [1.54, 1.807) is 0 Å². The summed E-state index contributed by atoms with van der Waals surface area (Å²) in [6, 6.07) is 11.9. The average molecular weight is 351 g/mol. The Kier molecular flexibility index (Phi) is 3.62. The summed E-state index contributed by atoms with van der Waals surface area (Å²) in [5, 5.41) is 9.53. The summed E-state index contributed by atoms with van der Waals surface area (Å²) >= 11 is 6.52. The summed E-state index contributed by atoms with van der Waals surface area (Å²) in [4.78, 5) is 9.70. The molecule has 1 aliphatic rings. The molecule has 4 rings (SSSR count). The van der Waals surface area contributed by atoms with Gasteiger partial charge >= 0.3 is 0 Å². The van der Waals surface area contributed by atoms with Gasteiger partial charge in [-0.05, 0) is 44.0 Å². The van der Waals surface area contributed by atoms with E-state index < -0.39 is 0 Å². The smallest absolute Gasteiger partial charge is 0.201 e. The second-order valence-electron chi connectivity index (χ2n) is 7.11. The van der Waals surface area contributed by atoms with Crippen molar-refractivity contribution in [3.63, 3.8) is 0 Å². The Balaban J connectivity index is 1.97. The van der Waals surface area contributed by atoms with Crippen LogP contribution in [0.1, 0.15) is 49.2 Å². The fourth-order valence-electron chi connectivity index (χ4n) is 3.35. The molecular formula is C20H19ClN4. The third-order valence-electron chi connectivity index (χ3n) is 5.10. The van der Waals surface area contributed by atoms with Crippen LogP contribution < -0.4 is 0 Å². The Labute approximate surface area is 152 Å². The first-order chi connectivity index (χ1) is 11.9. The van der Waals surface area contributed by atoms with Gasteiger partial charge in [0.1, 0.15) is 11.2 Å². The maximum atomic E-state index is 6.52. The quantitative estimate of drug-likeness (QED) is 0.638. The molecule has 3 aromatic rings. The molecule has 0 saturated heterocycles. The minimum Gasteiger partial charge on any atom is -0.274 e. The number of halogens is 1. The van der Waals surface area contributed by atoms with E-state index in [0.717, 1.165) is 38.5 Å². The number of aliphatic imine (C=N–C) groups is 1. The van der Waals surface area contributed by atoms with Crippen LogP contribution in [-0.4, -0.2) is 26.4 Å². The van der Waals surface area contributed by atoms with E-state index in [-0.39, 0.29) is 11.5 Å². The molecule has 126 valence electrons. The fourth-order valence-corrected chi connectivity index (χ4v) is 3.69. The van der Waals surface area contributed by atoms with Gasteiger partial charge < -0.3 is 0 Å². The van der Waals surface area contributed by atoms with Crippen LogP contribution in [0.25, 0.3) is 11.0 Å². The summed E-state index contributed by atoms with van der Waals surface area (Å²) in [5.41, 5.74) is 5.27. The van der Waals surface area contributed by atoms with E-state index >= 15 is 0 Å². The number of nitrogens with zero attached hydrogens (tertiary/aromatic N) is 4. The predicted molar refractivity (Wildman–Crippen MR) is 102 cm³/mol. The van der Waals surface area contributed by atoms with Gasteiger partial charge in [0.05, 0.1) is 11.1 Å². The highest BCUT2D eigenvalue weighted by atomic mass is 35.5. The largest absolute Gasteiger partial charge is 0.274 e. The van der Waals surface area contributed by atoms with Crippen molar-refractivity contribution in [2.24, 2.45) is 4.99 Å². The number of aryl methyl sites for hydroxylation is 1. The van der Waals surface area contributed by atoms with Crippen LogP contribution in [0.15, 0.2) is 41.4 Å².